The van der Waals surface area contributed by atoms with E-state index >= 15 is 0 Å². The molecule has 2 heterocycles. The molecule has 0 spiro atoms. The van der Waals surface area contributed by atoms with E-state index in [1.165, 1.54) is 0 Å². The van der Waals surface area contributed by atoms with Crippen molar-refractivity contribution in [2.24, 2.45) is 5.92 Å². The Balaban J connectivity index is 1.57. The topological polar surface area (TPSA) is 60.5 Å². The third-order valence-electron chi connectivity index (χ3n) is 4.29. The van der Waals surface area contributed by atoms with E-state index in [0.29, 0.717) is 23.8 Å². The van der Waals surface area contributed by atoms with Crippen LogP contribution in [-0.4, -0.2) is 37.8 Å². The highest BCUT2D eigenvalue weighted by Crippen LogP contribution is 2.22. The fourth-order valence-corrected chi connectivity index (χ4v) is 2.81. The zero-order valence-electron chi connectivity index (χ0n) is 13.8. The number of aromatic nitrogens is 1. The highest BCUT2D eigenvalue weighted by atomic mass is 16.5. The number of carbonyl (C=O) groups excluding carboxylic acids is 1. The molecule has 2 aromatic rings. The normalized spacial score (nSPS) is 16.8. The molecule has 0 saturated carbocycles. The SMILES string of the molecule is COc1cncc(-c2ccc(C(=O)NCCC3CCOC3)cc2)c1. The first kappa shape index (κ1) is 16.5. The van der Waals surface area contributed by atoms with Gasteiger partial charge in [-0.25, -0.2) is 0 Å². The number of hydrogen-bond donors (Lipinski definition) is 1. The van der Waals surface area contributed by atoms with Gasteiger partial charge in [-0.15, -0.1) is 0 Å². The van der Waals surface area contributed by atoms with Crippen molar-refractivity contribution in [3.05, 3.63) is 48.3 Å². The summed E-state index contributed by atoms with van der Waals surface area (Å²) in [6, 6.07) is 9.45. The molecule has 1 aliphatic heterocycles. The lowest BCUT2D eigenvalue weighted by molar-refractivity contribution is 0.0950. The van der Waals surface area contributed by atoms with Gasteiger partial charge in [0.15, 0.2) is 0 Å². The minimum absolute atomic E-state index is 0.0377. The van der Waals surface area contributed by atoms with Crippen LogP contribution in [0.15, 0.2) is 42.7 Å². The van der Waals surface area contributed by atoms with Crippen molar-refractivity contribution in [1.82, 2.24) is 10.3 Å². The Hall–Kier alpha value is -2.40. The summed E-state index contributed by atoms with van der Waals surface area (Å²) in [7, 11) is 1.62. The Labute approximate surface area is 142 Å². The predicted molar refractivity (Wildman–Crippen MR) is 92.1 cm³/mol. The van der Waals surface area contributed by atoms with Crippen molar-refractivity contribution in [3.63, 3.8) is 0 Å². The Morgan fingerprint density at radius 3 is 2.83 bits per heavy atom. The van der Waals surface area contributed by atoms with E-state index in [2.05, 4.69) is 10.3 Å². The molecular weight excluding hydrogens is 304 g/mol. The predicted octanol–water partition coefficient (Wildman–Crippen LogP) is 2.91. The quantitative estimate of drug-likeness (QED) is 0.887. The molecule has 1 unspecified atom stereocenters. The van der Waals surface area contributed by atoms with Gasteiger partial charge in [0.2, 0.25) is 0 Å². The van der Waals surface area contributed by atoms with Crippen LogP contribution >= 0.6 is 0 Å². The molecule has 1 N–H and O–H groups in total. The minimum atomic E-state index is -0.0377. The van der Waals surface area contributed by atoms with Crippen LogP contribution < -0.4 is 10.1 Å². The zero-order chi connectivity index (χ0) is 16.8. The highest BCUT2D eigenvalue weighted by Gasteiger charge is 2.15. The number of carbonyl (C=O) groups is 1. The second-order valence-corrected chi connectivity index (χ2v) is 5.96. The number of rotatable bonds is 6. The van der Waals surface area contributed by atoms with Crippen molar-refractivity contribution in [2.45, 2.75) is 12.8 Å². The number of nitrogens with zero attached hydrogens (tertiary/aromatic N) is 1. The molecule has 0 bridgehead atoms. The average Bonchev–Trinajstić information content (AvgIpc) is 3.15. The largest absolute Gasteiger partial charge is 0.495 e. The van der Waals surface area contributed by atoms with E-state index in [-0.39, 0.29) is 5.91 Å². The van der Waals surface area contributed by atoms with Gasteiger partial charge in [0.25, 0.3) is 5.91 Å². The first-order valence-electron chi connectivity index (χ1n) is 8.21. The van der Waals surface area contributed by atoms with Crippen molar-refractivity contribution >= 4 is 5.91 Å². The number of pyridine rings is 1. The third kappa shape index (κ3) is 4.11. The van der Waals surface area contributed by atoms with Crippen LogP contribution in [0.25, 0.3) is 11.1 Å². The van der Waals surface area contributed by atoms with Crippen LogP contribution in [0.5, 0.6) is 5.75 Å². The van der Waals surface area contributed by atoms with Gasteiger partial charge in [-0.2, -0.15) is 0 Å². The van der Waals surface area contributed by atoms with Gasteiger partial charge in [0.1, 0.15) is 5.75 Å². The van der Waals surface area contributed by atoms with Crippen molar-refractivity contribution in [2.75, 3.05) is 26.9 Å². The maximum absolute atomic E-state index is 12.2. The van der Waals surface area contributed by atoms with Crippen molar-refractivity contribution in [3.8, 4) is 16.9 Å². The Morgan fingerprint density at radius 1 is 1.29 bits per heavy atom. The number of methoxy groups -OCH3 is 1. The molecular formula is C19H22N2O3. The number of benzene rings is 1. The molecule has 1 atom stereocenters. The van der Waals surface area contributed by atoms with Crippen molar-refractivity contribution in [1.29, 1.82) is 0 Å². The summed E-state index contributed by atoms with van der Waals surface area (Å²) in [5, 5.41) is 2.98. The Morgan fingerprint density at radius 2 is 2.12 bits per heavy atom. The van der Waals surface area contributed by atoms with Gasteiger partial charge < -0.3 is 14.8 Å². The second kappa shape index (κ2) is 7.93. The summed E-state index contributed by atoms with van der Waals surface area (Å²) < 4.78 is 10.5. The van der Waals surface area contributed by atoms with Crippen LogP contribution in [0.2, 0.25) is 0 Å². The highest BCUT2D eigenvalue weighted by molar-refractivity contribution is 5.94. The van der Waals surface area contributed by atoms with Gasteiger partial charge in [0.05, 0.1) is 13.3 Å². The molecule has 5 heteroatoms. The number of ether oxygens (including phenoxy) is 2. The summed E-state index contributed by atoms with van der Waals surface area (Å²) in [6.45, 7) is 2.35. The van der Waals surface area contributed by atoms with Crippen LogP contribution in [-0.2, 0) is 4.74 Å². The van der Waals surface area contributed by atoms with Crippen molar-refractivity contribution < 1.29 is 14.3 Å². The van der Waals surface area contributed by atoms with E-state index in [4.69, 9.17) is 9.47 Å². The maximum Gasteiger partial charge on any atom is 0.251 e. The van der Waals surface area contributed by atoms with Crippen LogP contribution in [0.4, 0.5) is 0 Å². The fourth-order valence-electron chi connectivity index (χ4n) is 2.81. The van der Waals surface area contributed by atoms with Crippen LogP contribution in [0, 0.1) is 5.92 Å². The summed E-state index contributed by atoms with van der Waals surface area (Å²) in [4.78, 5) is 16.3. The molecule has 1 aliphatic rings. The van der Waals surface area contributed by atoms with E-state index in [1.807, 2.05) is 30.3 Å². The van der Waals surface area contributed by atoms with Gasteiger partial charge in [-0.1, -0.05) is 12.1 Å². The van der Waals surface area contributed by atoms with E-state index in [0.717, 1.165) is 37.2 Å². The van der Waals surface area contributed by atoms with Crippen LogP contribution in [0.3, 0.4) is 0 Å². The molecule has 1 saturated heterocycles. The van der Waals surface area contributed by atoms with Crippen LogP contribution in [0.1, 0.15) is 23.2 Å². The molecule has 0 aliphatic carbocycles. The molecule has 1 amide bonds. The summed E-state index contributed by atoms with van der Waals surface area (Å²) in [5.74, 6) is 1.25. The minimum Gasteiger partial charge on any atom is -0.495 e. The maximum atomic E-state index is 12.2. The van der Waals surface area contributed by atoms with E-state index in [9.17, 15) is 4.79 Å². The molecule has 24 heavy (non-hydrogen) atoms. The summed E-state index contributed by atoms with van der Waals surface area (Å²) >= 11 is 0. The van der Waals surface area contributed by atoms with E-state index < -0.39 is 0 Å². The molecule has 3 rings (SSSR count). The number of amides is 1. The van der Waals surface area contributed by atoms with Gasteiger partial charge in [-0.3, -0.25) is 9.78 Å². The first-order valence-corrected chi connectivity index (χ1v) is 8.21. The Bertz CT molecular complexity index is 679. The summed E-state index contributed by atoms with van der Waals surface area (Å²) in [6.07, 6.45) is 5.51. The molecule has 0 radical (unpaired) electrons. The third-order valence-corrected chi connectivity index (χ3v) is 4.29. The molecule has 5 nitrogen and oxygen atoms in total. The lowest BCUT2D eigenvalue weighted by atomic mass is 10.0. The Kier molecular flexibility index (Phi) is 5.43. The molecule has 1 fully saturated rings. The van der Waals surface area contributed by atoms with E-state index in [1.54, 1.807) is 19.5 Å². The molecule has 126 valence electrons. The standard InChI is InChI=1S/C19H22N2O3/c1-23-18-10-17(11-20-12-18)15-2-4-16(5-3-15)19(22)21-8-6-14-7-9-24-13-14/h2-5,10-12,14H,6-9,13H2,1H3,(H,21,22). The number of nitrogens with one attached hydrogen (secondary N) is 1. The van der Waals surface area contributed by atoms with Gasteiger partial charge in [0, 0.05) is 37.1 Å². The second-order valence-electron chi connectivity index (χ2n) is 5.96. The summed E-state index contributed by atoms with van der Waals surface area (Å²) in [5.41, 5.74) is 2.63. The zero-order valence-corrected chi connectivity index (χ0v) is 13.8. The molecule has 1 aromatic carbocycles. The molecule has 1 aromatic heterocycles. The fraction of sp³-hybridized carbons (Fsp3) is 0.368. The smallest absolute Gasteiger partial charge is 0.251 e. The van der Waals surface area contributed by atoms with Gasteiger partial charge >= 0.3 is 0 Å². The lowest BCUT2D eigenvalue weighted by Gasteiger charge is -2.09. The first-order chi connectivity index (χ1) is 11.8. The number of hydrogen-bond acceptors (Lipinski definition) is 4. The average molecular weight is 326 g/mol. The lowest BCUT2D eigenvalue weighted by Crippen LogP contribution is -2.26. The van der Waals surface area contributed by atoms with Gasteiger partial charge in [-0.05, 0) is 42.5 Å². The monoisotopic (exact) mass is 326 g/mol.